The van der Waals surface area contributed by atoms with E-state index in [1.54, 1.807) is 0 Å². The van der Waals surface area contributed by atoms with Crippen molar-refractivity contribution in [3.8, 4) is 0 Å². The molecule has 1 N–H and O–H groups in total. The Morgan fingerprint density at radius 1 is 1.40 bits per heavy atom. The molecule has 0 aliphatic carbocycles. The van der Waals surface area contributed by atoms with Crippen LogP contribution in [0.4, 0.5) is 0 Å². The SMILES string of the molecule is CC(C)(C)C(=O)CNC(=O)C1CCCO1. The molecule has 1 unspecified atom stereocenters. The van der Waals surface area contributed by atoms with E-state index in [9.17, 15) is 9.59 Å². The van der Waals surface area contributed by atoms with E-state index in [0.29, 0.717) is 6.61 Å². The molecular formula is C11H19NO3. The van der Waals surface area contributed by atoms with Gasteiger partial charge in [0.1, 0.15) is 6.10 Å². The normalized spacial score (nSPS) is 21.4. The standard InChI is InChI=1S/C11H19NO3/c1-11(2,3)9(13)7-12-10(14)8-5-4-6-15-8/h8H,4-7H2,1-3H3,(H,12,14). The Morgan fingerprint density at radius 3 is 2.53 bits per heavy atom. The Balaban J connectivity index is 2.30. The molecule has 1 aliphatic rings. The maximum Gasteiger partial charge on any atom is 0.249 e. The maximum atomic E-state index is 11.5. The monoisotopic (exact) mass is 213 g/mol. The van der Waals surface area contributed by atoms with Crippen molar-refractivity contribution in [3.05, 3.63) is 0 Å². The van der Waals surface area contributed by atoms with E-state index in [2.05, 4.69) is 5.32 Å². The summed E-state index contributed by atoms with van der Waals surface area (Å²) < 4.78 is 5.21. The third-order valence-corrected chi connectivity index (χ3v) is 2.48. The highest BCUT2D eigenvalue weighted by Gasteiger charge is 2.26. The second-order valence-electron chi connectivity index (χ2n) is 4.89. The van der Waals surface area contributed by atoms with Gasteiger partial charge in [0, 0.05) is 12.0 Å². The molecule has 0 saturated carbocycles. The second kappa shape index (κ2) is 4.75. The lowest BCUT2D eigenvalue weighted by Crippen LogP contribution is -2.40. The van der Waals surface area contributed by atoms with Gasteiger partial charge in [-0.3, -0.25) is 9.59 Å². The zero-order valence-corrected chi connectivity index (χ0v) is 9.63. The highest BCUT2D eigenvalue weighted by atomic mass is 16.5. The fourth-order valence-electron chi connectivity index (χ4n) is 1.33. The summed E-state index contributed by atoms with van der Waals surface area (Å²) in [6.07, 6.45) is 1.33. The molecule has 1 amide bonds. The third kappa shape index (κ3) is 3.63. The van der Waals surface area contributed by atoms with Crippen molar-refractivity contribution in [2.45, 2.75) is 39.7 Å². The molecule has 1 fully saturated rings. The van der Waals surface area contributed by atoms with Crippen LogP contribution in [0.25, 0.3) is 0 Å². The van der Waals surface area contributed by atoms with Crippen LogP contribution in [-0.4, -0.2) is 30.9 Å². The largest absolute Gasteiger partial charge is 0.368 e. The molecule has 1 aliphatic heterocycles. The van der Waals surface area contributed by atoms with Crippen molar-refractivity contribution in [2.75, 3.05) is 13.2 Å². The van der Waals surface area contributed by atoms with Crippen LogP contribution in [0.1, 0.15) is 33.6 Å². The molecule has 1 saturated heterocycles. The average Bonchev–Trinajstić information content (AvgIpc) is 2.64. The summed E-state index contributed by atoms with van der Waals surface area (Å²) in [6, 6.07) is 0. The number of rotatable bonds is 3. The Morgan fingerprint density at radius 2 is 2.07 bits per heavy atom. The number of carbonyl (C=O) groups is 2. The molecule has 15 heavy (non-hydrogen) atoms. The van der Waals surface area contributed by atoms with Crippen molar-refractivity contribution >= 4 is 11.7 Å². The minimum Gasteiger partial charge on any atom is -0.368 e. The third-order valence-electron chi connectivity index (χ3n) is 2.48. The Bertz CT molecular complexity index is 249. The average molecular weight is 213 g/mol. The lowest BCUT2D eigenvalue weighted by Gasteiger charge is -2.17. The topological polar surface area (TPSA) is 55.4 Å². The molecule has 0 spiro atoms. The quantitative estimate of drug-likeness (QED) is 0.757. The first kappa shape index (κ1) is 12.2. The molecular weight excluding hydrogens is 194 g/mol. The van der Waals surface area contributed by atoms with Gasteiger partial charge in [-0.1, -0.05) is 20.8 Å². The number of hydrogen-bond acceptors (Lipinski definition) is 3. The van der Waals surface area contributed by atoms with Crippen molar-refractivity contribution in [2.24, 2.45) is 5.41 Å². The van der Waals surface area contributed by atoms with Gasteiger partial charge in [0.05, 0.1) is 6.54 Å². The van der Waals surface area contributed by atoms with Gasteiger partial charge in [-0.2, -0.15) is 0 Å². The first-order valence-electron chi connectivity index (χ1n) is 5.34. The number of hydrogen-bond donors (Lipinski definition) is 1. The van der Waals surface area contributed by atoms with Gasteiger partial charge in [0.2, 0.25) is 5.91 Å². The number of amides is 1. The molecule has 86 valence electrons. The smallest absolute Gasteiger partial charge is 0.249 e. The van der Waals surface area contributed by atoms with Crippen molar-refractivity contribution in [1.82, 2.24) is 5.32 Å². The van der Waals surface area contributed by atoms with Crippen LogP contribution < -0.4 is 5.32 Å². The van der Waals surface area contributed by atoms with E-state index >= 15 is 0 Å². The molecule has 1 atom stereocenters. The molecule has 4 nitrogen and oxygen atoms in total. The van der Waals surface area contributed by atoms with Crippen LogP contribution in [0.5, 0.6) is 0 Å². The predicted octanol–water partition coefficient (Wildman–Crippen LogP) is 0.897. The van der Waals surface area contributed by atoms with Gasteiger partial charge in [0.15, 0.2) is 5.78 Å². The van der Waals surface area contributed by atoms with Crippen LogP contribution in [0.2, 0.25) is 0 Å². The van der Waals surface area contributed by atoms with Crippen LogP contribution >= 0.6 is 0 Å². The summed E-state index contributed by atoms with van der Waals surface area (Å²) in [6.45, 7) is 6.27. The molecule has 0 aromatic carbocycles. The number of nitrogens with one attached hydrogen (secondary N) is 1. The second-order valence-corrected chi connectivity index (χ2v) is 4.89. The molecule has 1 rings (SSSR count). The van der Waals surface area contributed by atoms with E-state index in [4.69, 9.17) is 4.74 Å². The van der Waals surface area contributed by atoms with Crippen molar-refractivity contribution < 1.29 is 14.3 Å². The number of ketones is 1. The summed E-state index contributed by atoms with van der Waals surface area (Å²) in [5.74, 6) is -0.126. The predicted molar refractivity (Wildman–Crippen MR) is 56.4 cm³/mol. The van der Waals surface area contributed by atoms with Gasteiger partial charge in [-0.15, -0.1) is 0 Å². The van der Waals surface area contributed by atoms with Gasteiger partial charge < -0.3 is 10.1 Å². The zero-order valence-electron chi connectivity index (χ0n) is 9.63. The molecule has 0 aromatic rings. The number of carbonyl (C=O) groups excluding carboxylic acids is 2. The summed E-state index contributed by atoms with van der Waals surface area (Å²) in [4.78, 5) is 23.0. The summed E-state index contributed by atoms with van der Waals surface area (Å²) >= 11 is 0. The van der Waals surface area contributed by atoms with Gasteiger partial charge in [-0.05, 0) is 12.8 Å². The van der Waals surface area contributed by atoms with E-state index in [1.807, 2.05) is 20.8 Å². The van der Waals surface area contributed by atoms with Crippen molar-refractivity contribution in [3.63, 3.8) is 0 Å². The fraction of sp³-hybridized carbons (Fsp3) is 0.818. The highest BCUT2D eigenvalue weighted by Crippen LogP contribution is 2.14. The lowest BCUT2D eigenvalue weighted by atomic mass is 9.91. The molecule has 0 bridgehead atoms. The Labute approximate surface area is 90.4 Å². The van der Waals surface area contributed by atoms with E-state index in [0.717, 1.165) is 12.8 Å². The summed E-state index contributed by atoms with van der Waals surface area (Å²) in [5.41, 5.74) is -0.399. The molecule has 0 radical (unpaired) electrons. The van der Waals surface area contributed by atoms with E-state index in [-0.39, 0.29) is 24.3 Å². The Hall–Kier alpha value is -0.900. The van der Waals surface area contributed by atoms with Crippen LogP contribution in [0, 0.1) is 5.41 Å². The van der Waals surface area contributed by atoms with Gasteiger partial charge in [0.25, 0.3) is 0 Å². The fourth-order valence-corrected chi connectivity index (χ4v) is 1.33. The van der Waals surface area contributed by atoms with Gasteiger partial charge in [-0.25, -0.2) is 0 Å². The maximum absolute atomic E-state index is 11.5. The van der Waals surface area contributed by atoms with Gasteiger partial charge >= 0.3 is 0 Å². The summed E-state index contributed by atoms with van der Waals surface area (Å²) in [7, 11) is 0. The summed E-state index contributed by atoms with van der Waals surface area (Å²) in [5, 5.41) is 2.62. The van der Waals surface area contributed by atoms with Crippen molar-refractivity contribution in [1.29, 1.82) is 0 Å². The Kier molecular flexibility index (Phi) is 3.85. The molecule has 4 heteroatoms. The van der Waals surface area contributed by atoms with Crippen LogP contribution in [0.15, 0.2) is 0 Å². The minimum atomic E-state index is -0.399. The first-order chi connectivity index (χ1) is 6.91. The number of ether oxygens (including phenoxy) is 1. The van der Waals surface area contributed by atoms with E-state index < -0.39 is 5.41 Å². The lowest BCUT2D eigenvalue weighted by molar-refractivity contribution is -0.133. The zero-order chi connectivity index (χ0) is 11.5. The highest BCUT2D eigenvalue weighted by molar-refractivity contribution is 5.90. The number of Topliss-reactive ketones (excluding diaryl/α,β-unsaturated/α-hetero) is 1. The van der Waals surface area contributed by atoms with Crippen LogP contribution in [-0.2, 0) is 14.3 Å². The van der Waals surface area contributed by atoms with E-state index in [1.165, 1.54) is 0 Å². The first-order valence-corrected chi connectivity index (χ1v) is 5.34. The van der Waals surface area contributed by atoms with Crippen LogP contribution in [0.3, 0.4) is 0 Å². The molecule has 1 heterocycles. The minimum absolute atomic E-state index is 0.0360. The molecule has 0 aromatic heterocycles.